The maximum Gasteiger partial charge on any atom is 0.490 e. The van der Waals surface area contributed by atoms with E-state index >= 15 is 0 Å². The molecule has 7 nitrogen and oxygen atoms in total. The van der Waals surface area contributed by atoms with Crippen molar-refractivity contribution in [3.63, 3.8) is 0 Å². The minimum Gasteiger partial charge on any atom is -0.475 e. The van der Waals surface area contributed by atoms with Crippen LogP contribution in [0.4, 0.5) is 18.9 Å². The van der Waals surface area contributed by atoms with Crippen molar-refractivity contribution in [3.8, 4) is 0 Å². The number of alkyl halides is 3. The number of amides is 1. The van der Waals surface area contributed by atoms with Crippen LogP contribution in [0.25, 0.3) is 0 Å². The number of aryl methyl sites for hydroxylation is 1. The number of hydrogen-bond donors (Lipinski definition) is 1. The molecule has 2 atom stereocenters. The van der Waals surface area contributed by atoms with Crippen LogP contribution in [0.5, 0.6) is 0 Å². The highest BCUT2D eigenvalue weighted by Crippen LogP contribution is 2.36. The van der Waals surface area contributed by atoms with Gasteiger partial charge in [0.25, 0.3) is 0 Å². The molecule has 152 valence electrons. The van der Waals surface area contributed by atoms with Gasteiger partial charge in [0.05, 0.1) is 17.9 Å². The number of carboxylic acid groups (broad SMARTS) is 1. The summed E-state index contributed by atoms with van der Waals surface area (Å²) in [6, 6.07) is 4.92. The summed E-state index contributed by atoms with van der Waals surface area (Å²) in [6.07, 6.45) is 0.325. The zero-order valence-electron chi connectivity index (χ0n) is 15.0. The zero-order valence-corrected chi connectivity index (χ0v) is 15.8. The molecule has 4 rings (SSSR count). The van der Waals surface area contributed by atoms with Crippen molar-refractivity contribution in [2.75, 3.05) is 11.4 Å². The molecule has 0 saturated carbocycles. The number of carbonyl (C=O) groups excluding carboxylic acids is 1. The highest BCUT2D eigenvalue weighted by Gasteiger charge is 2.47. The molecule has 2 aliphatic heterocycles. The number of rotatable bonds is 3. The second kappa shape index (κ2) is 7.92. The van der Waals surface area contributed by atoms with E-state index in [0.717, 1.165) is 25.2 Å². The van der Waals surface area contributed by atoms with Crippen LogP contribution in [0, 0.1) is 0 Å². The number of anilines is 1. The number of fused-ring (bicyclic) bond motifs is 1. The first kappa shape index (κ1) is 20.3. The number of likely N-dealkylation sites (tertiary alicyclic amines) is 1. The van der Waals surface area contributed by atoms with Crippen molar-refractivity contribution in [3.05, 3.63) is 34.8 Å². The van der Waals surface area contributed by atoms with Gasteiger partial charge in [-0.15, -0.1) is 11.3 Å². The molecular formula is C17H19F3N4O3S. The van der Waals surface area contributed by atoms with E-state index in [9.17, 15) is 18.0 Å². The van der Waals surface area contributed by atoms with Gasteiger partial charge in [0.2, 0.25) is 5.91 Å². The average molecular weight is 416 g/mol. The molecule has 2 aromatic heterocycles. The Morgan fingerprint density at radius 3 is 2.64 bits per heavy atom. The van der Waals surface area contributed by atoms with E-state index in [-0.39, 0.29) is 5.91 Å². The number of aliphatic carboxylic acids is 1. The van der Waals surface area contributed by atoms with E-state index in [0.29, 0.717) is 18.5 Å². The first-order chi connectivity index (χ1) is 13.2. The molecule has 2 saturated heterocycles. The predicted octanol–water partition coefficient (Wildman–Crippen LogP) is 2.49. The molecule has 2 aromatic rings. The fraction of sp³-hybridized carbons (Fsp3) is 0.471. The minimum absolute atomic E-state index is 0.230. The van der Waals surface area contributed by atoms with Crippen LogP contribution in [-0.4, -0.2) is 56.5 Å². The quantitative estimate of drug-likeness (QED) is 0.832. The third-order valence-electron chi connectivity index (χ3n) is 4.76. The Kier molecular flexibility index (Phi) is 5.75. The van der Waals surface area contributed by atoms with Crippen molar-refractivity contribution in [1.29, 1.82) is 0 Å². The summed E-state index contributed by atoms with van der Waals surface area (Å²) in [5.41, 5.74) is 0.938. The monoisotopic (exact) mass is 416 g/mol. The number of aromatic nitrogens is 2. The van der Waals surface area contributed by atoms with E-state index in [1.165, 1.54) is 4.88 Å². The van der Waals surface area contributed by atoms with Crippen LogP contribution in [0.2, 0.25) is 0 Å². The maximum atomic E-state index is 12.4. The molecule has 0 bridgehead atoms. The summed E-state index contributed by atoms with van der Waals surface area (Å²) in [4.78, 5) is 27.1. The topological polar surface area (TPSA) is 78.7 Å². The SMILES string of the molecule is Cn1cc(N2C(=O)C[C@@H]3[C@@H]2CCN3Cc2cccs2)cn1.O=C(O)C(F)(F)F. The lowest BCUT2D eigenvalue weighted by Crippen LogP contribution is -2.36. The van der Waals surface area contributed by atoms with Crippen molar-refractivity contribution in [2.45, 2.75) is 37.6 Å². The summed E-state index contributed by atoms with van der Waals surface area (Å²) >= 11 is 1.79. The van der Waals surface area contributed by atoms with Crippen LogP contribution >= 0.6 is 11.3 Å². The number of carbonyl (C=O) groups is 2. The van der Waals surface area contributed by atoms with Crippen LogP contribution in [0.3, 0.4) is 0 Å². The number of nitrogens with zero attached hydrogens (tertiary/aromatic N) is 4. The molecule has 2 aliphatic rings. The fourth-order valence-electron chi connectivity index (χ4n) is 3.60. The van der Waals surface area contributed by atoms with Crippen molar-refractivity contribution in [2.24, 2.45) is 7.05 Å². The van der Waals surface area contributed by atoms with Gasteiger partial charge in [-0.1, -0.05) is 6.07 Å². The Bertz CT molecular complexity index is 837. The molecule has 1 N–H and O–H groups in total. The van der Waals surface area contributed by atoms with Crippen molar-refractivity contribution in [1.82, 2.24) is 14.7 Å². The molecule has 4 heterocycles. The first-order valence-corrected chi connectivity index (χ1v) is 9.42. The third-order valence-corrected chi connectivity index (χ3v) is 5.62. The van der Waals surface area contributed by atoms with Crippen LogP contribution < -0.4 is 4.90 Å². The summed E-state index contributed by atoms with van der Waals surface area (Å²) < 4.78 is 33.5. The Balaban J connectivity index is 0.000000279. The third kappa shape index (κ3) is 4.36. The van der Waals surface area contributed by atoms with E-state index < -0.39 is 12.1 Å². The Morgan fingerprint density at radius 2 is 2.11 bits per heavy atom. The van der Waals surface area contributed by atoms with Crippen LogP contribution in [-0.2, 0) is 23.2 Å². The molecule has 0 spiro atoms. The molecule has 0 aromatic carbocycles. The number of halogens is 3. The molecule has 1 amide bonds. The molecule has 11 heteroatoms. The van der Waals surface area contributed by atoms with Gasteiger partial charge < -0.3 is 10.0 Å². The molecule has 28 heavy (non-hydrogen) atoms. The standard InChI is InChI=1S/C15H18N4OS.C2HF3O2/c1-17-9-11(8-16-17)19-13-4-5-18(14(13)7-15(19)20)10-12-3-2-6-21-12;3-2(4,5)1(6)7/h2-3,6,8-9,13-14H,4-5,7,10H2,1H3;(H,6,7)/t13-,14+;/m0./s1. The molecule has 2 fully saturated rings. The van der Waals surface area contributed by atoms with Gasteiger partial charge in [-0.05, 0) is 17.9 Å². The largest absolute Gasteiger partial charge is 0.490 e. The minimum atomic E-state index is -5.08. The molecular weight excluding hydrogens is 397 g/mol. The van der Waals surface area contributed by atoms with Crippen LogP contribution in [0.15, 0.2) is 29.9 Å². The van der Waals surface area contributed by atoms with E-state index in [1.54, 1.807) is 22.2 Å². The van der Waals surface area contributed by atoms with E-state index in [2.05, 4.69) is 27.5 Å². The van der Waals surface area contributed by atoms with E-state index in [4.69, 9.17) is 9.90 Å². The Labute approximate surface area is 163 Å². The summed E-state index contributed by atoms with van der Waals surface area (Å²) in [5, 5.41) is 13.4. The Morgan fingerprint density at radius 1 is 1.39 bits per heavy atom. The summed E-state index contributed by atoms with van der Waals surface area (Å²) in [6.45, 7) is 2.03. The maximum absolute atomic E-state index is 12.4. The number of hydrogen-bond acceptors (Lipinski definition) is 5. The number of carboxylic acids is 1. The Hall–Kier alpha value is -2.40. The van der Waals surface area contributed by atoms with Gasteiger partial charge in [0, 0.05) is 43.7 Å². The normalized spacial score (nSPS) is 22.1. The molecule has 0 unspecified atom stereocenters. The highest BCUT2D eigenvalue weighted by atomic mass is 32.1. The highest BCUT2D eigenvalue weighted by molar-refractivity contribution is 7.09. The van der Waals surface area contributed by atoms with E-state index in [1.807, 2.05) is 18.1 Å². The lowest BCUT2D eigenvalue weighted by Gasteiger charge is -2.24. The zero-order chi connectivity index (χ0) is 20.5. The second-order valence-electron chi connectivity index (χ2n) is 6.62. The van der Waals surface area contributed by atoms with Gasteiger partial charge in [-0.25, -0.2) is 4.79 Å². The smallest absolute Gasteiger partial charge is 0.475 e. The molecule has 0 radical (unpaired) electrons. The van der Waals surface area contributed by atoms with Crippen LogP contribution in [0.1, 0.15) is 17.7 Å². The average Bonchev–Trinajstić information content (AvgIpc) is 3.35. The predicted molar refractivity (Wildman–Crippen MR) is 95.9 cm³/mol. The van der Waals surface area contributed by atoms with Crippen molar-refractivity contribution >= 4 is 28.9 Å². The van der Waals surface area contributed by atoms with Gasteiger partial charge >= 0.3 is 12.1 Å². The van der Waals surface area contributed by atoms with Crippen molar-refractivity contribution < 1.29 is 27.9 Å². The second-order valence-corrected chi connectivity index (χ2v) is 7.65. The number of thiophene rings is 1. The lowest BCUT2D eigenvalue weighted by molar-refractivity contribution is -0.192. The first-order valence-electron chi connectivity index (χ1n) is 8.54. The van der Waals surface area contributed by atoms with Gasteiger partial charge in [-0.3, -0.25) is 14.4 Å². The van der Waals surface area contributed by atoms with Gasteiger partial charge in [0.15, 0.2) is 0 Å². The van der Waals surface area contributed by atoms with Gasteiger partial charge in [0.1, 0.15) is 0 Å². The fourth-order valence-corrected chi connectivity index (χ4v) is 4.32. The summed E-state index contributed by atoms with van der Waals surface area (Å²) in [7, 11) is 1.89. The summed E-state index contributed by atoms with van der Waals surface area (Å²) in [5.74, 6) is -2.53. The lowest BCUT2D eigenvalue weighted by atomic mass is 10.1. The molecule has 0 aliphatic carbocycles. The van der Waals surface area contributed by atoms with Gasteiger partial charge in [-0.2, -0.15) is 18.3 Å².